The molecule has 136 valence electrons. The Labute approximate surface area is 147 Å². The van der Waals surface area contributed by atoms with E-state index in [0.29, 0.717) is 0 Å². The van der Waals surface area contributed by atoms with E-state index in [1.54, 1.807) is 13.8 Å². The molecule has 2 aromatic carbocycles. The van der Waals surface area contributed by atoms with Crippen molar-refractivity contribution in [3.8, 4) is 0 Å². The Balaban J connectivity index is 2.26. The first-order valence-electron chi connectivity index (χ1n) is 7.40. The summed E-state index contributed by atoms with van der Waals surface area (Å²) in [5.41, 5.74) is 0.176. The Morgan fingerprint density at radius 1 is 0.960 bits per heavy atom. The molecular formula is C16H19FN2O4S2. The highest BCUT2D eigenvalue weighted by molar-refractivity contribution is 7.92. The molecular weight excluding hydrogens is 367 g/mol. The molecule has 0 spiro atoms. The van der Waals surface area contributed by atoms with E-state index in [1.165, 1.54) is 47.8 Å². The summed E-state index contributed by atoms with van der Waals surface area (Å²) in [6, 6.07) is 9.72. The fourth-order valence-corrected chi connectivity index (χ4v) is 4.44. The quantitative estimate of drug-likeness (QED) is 0.827. The third-order valence-corrected chi connectivity index (χ3v) is 7.04. The molecule has 0 atom stereocenters. The molecule has 0 aliphatic rings. The molecule has 0 unspecified atom stereocenters. The Kier molecular flexibility index (Phi) is 5.50. The van der Waals surface area contributed by atoms with Gasteiger partial charge in [-0.2, -0.15) is 4.31 Å². The predicted octanol–water partition coefficient (Wildman–Crippen LogP) is 2.66. The molecule has 0 saturated heterocycles. The van der Waals surface area contributed by atoms with Crippen LogP contribution in [0.15, 0.2) is 58.3 Å². The Morgan fingerprint density at radius 2 is 1.56 bits per heavy atom. The third kappa shape index (κ3) is 4.36. The van der Waals surface area contributed by atoms with Crippen molar-refractivity contribution in [3.05, 3.63) is 54.3 Å². The Bertz CT molecular complexity index is 956. The SMILES string of the molecule is CC(C)N(C)S(=O)(=O)c1ccc(NS(=O)(=O)c2cccc(F)c2)cc1. The molecule has 0 aromatic heterocycles. The van der Waals surface area contributed by atoms with Crippen LogP contribution in [0.3, 0.4) is 0 Å². The topological polar surface area (TPSA) is 83.6 Å². The summed E-state index contributed by atoms with van der Waals surface area (Å²) in [7, 11) is -6.14. The zero-order valence-electron chi connectivity index (χ0n) is 14.0. The van der Waals surface area contributed by atoms with Crippen LogP contribution in [0.2, 0.25) is 0 Å². The summed E-state index contributed by atoms with van der Waals surface area (Å²) < 4.78 is 65.9. The smallest absolute Gasteiger partial charge is 0.261 e. The van der Waals surface area contributed by atoms with Gasteiger partial charge in [0, 0.05) is 18.8 Å². The van der Waals surface area contributed by atoms with Crippen LogP contribution in [0, 0.1) is 5.82 Å². The minimum Gasteiger partial charge on any atom is -0.280 e. The van der Waals surface area contributed by atoms with Crippen LogP contribution in [0.4, 0.5) is 10.1 Å². The van der Waals surface area contributed by atoms with Gasteiger partial charge in [0.15, 0.2) is 0 Å². The van der Waals surface area contributed by atoms with Crippen LogP contribution in [0.25, 0.3) is 0 Å². The maximum absolute atomic E-state index is 13.2. The van der Waals surface area contributed by atoms with Crippen molar-refractivity contribution in [3.63, 3.8) is 0 Å². The number of hydrogen-bond donors (Lipinski definition) is 1. The number of hydrogen-bond acceptors (Lipinski definition) is 4. The fourth-order valence-electron chi connectivity index (χ4n) is 1.99. The number of nitrogens with zero attached hydrogens (tertiary/aromatic N) is 1. The molecule has 0 aliphatic carbocycles. The van der Waals surface area contributed by atoms with E-state index >= 15 is 0 Å². The maximum Gasteiger partial charge on any atom is 0.261 e. The largest absolute Gasteiger partial charge is 0.280 e. The lowest BCUT2D eigenvalue weighted by Crippen LogP contribution is -2.33. The first-order chi connectivity index (χ1) is 11.5. The molecule has 0 bridgehead atoms. The molecule has 6 nitrogen and oxygen atoms in total. The normalized spacial score (nSPS) is 12.6. The molecule has 0 heterocycles. The van der Waals surface area contributed by atoms with Gasteiger partial charge in [0.2, 0.25) is 10.0 Å². The van der Waals surface area contributed by atoms with Crippen molar-refractivity contribution in [2.75, 3.05) is 11.8 Å². The lowest BCUT2D eigenvalue weighted by Gasteiger charge is -2.21. The van der Waals surface area contributed by atoms with Gasteiger partial charge in [0.05, 0.1) is 9.79 Å². The van der Waals surface area contributed by atoms with Crippen LogP contribution in [-0.4, -0.2) is 34.2 Å². The van der Waals surface area contributed by atoms with Crippen LogP contribution >= 0.6 is 0 Å². The number of anilines is 1. The third-order valence-electron chi connectivity index (χ3n) is 3.62. The first-order valence-corrected chi connectivity index (χ1v) is 10.3. The van der Waals surface area contributed by atoms with Crippen molar-refractivity contribution >= 4 is 25.7 Å². The predicted molar refractivity (Wildman–Crippen MR) is 93.7 cm³/mol. The van der Waals surface area contributed by atoms with Crippen molar-refractivity contribution < 1.29 is 21.2 Å². The standard InChI is InChI=1S/C16H19FN2O4S2/c1-12(2)19(3)25(22,23)15-9-7-14(8-10-15)18-24(20,21)16-6-4-5-13(17)11-16/h4-12,18H,1-3H3. The zero-order valence-corrected chi connectivity index (χ0v) is 15.6. The molecule has 0 amide bonds. The van der Waals surface area contributed by atoms with Crippen LogP contribution in [0.1, 0.15) is 13.8 Å². The highest BCUT2D eigenvalue weighted by Crippen LogP contribution is 2.21. The molecule has 25 heavy (non-hydrogen) atoms. The highest BCUT2D eigenvalue weighted by Gasteiger charge is 2.23. The van der Waals surface area contributed by atoms with Gasteiger partial charge in [-0.3, -0.25) is 4.72 Å². The van der Waals surface area contributed by atoms with Crippen LogP contribution < -0.4 is 4.72 Å². The second kappa shape index (κ2) is 7.11. The monoisotopic (exact) mass is 386 g/mol. The average molecular weight is 386 g/mol. The van der Waals surface area contributed by atoms with Gasteiger partial charge in [-0.15, -0.1) is 0 Å². The molecule has 0 aliphatic heterocycles. The summed E-state index contributed by atoms with van der Waals surface area (Å²) in [4.78, 5) is -0.166. The number of halogens is 1. The second-order valence-electron chi connectivity index (χ2n) is 5.70. The van der Waals surface area contributed by atoms with E-state index < -0.39 is 25.9 Å². The summed E-state index contributed by atoms with van der Waals surface area (Å²) in [6.45, 7) is 3.50. The van der Waals surface area contributed by atoms with E-state index in [9.17, 15) is 21.2 Å². The maximum atomic E-state index is 13.2. The molecule has 2 rings (SSSR count). The van der Waals surface area contributed by atoms with Gasteiger partial charge in [-0.25, -0.2) is 21.2 Å². The number of benzene rings is 2. The van der Waals surface area contributed by atoms with Gasteiger partial charge in [-0.1, -0.05) is 6.07 Å². The molecule has 0 fully saturated rings. The Morgan fingerprint density at radius 3 is 2.08 bits per heavy atom. The lowest BCUT2D eigenvalue weighted by molar-refractivity contribution is 0.410. The molecule has 2 aromatic rings. The molecule has 0 saturated carbocycles. The van der Waals surface area contributed by atoms with E-state index in [-0.39, 0.29) is 21.5 Å². The van der Waals surface area contributed by atoms with Gasteiger partial charge in [0.25, 0.3) is 10.0 Å². The number of nitrogens with one attached hydrogen (secondary N) is 1. The van der Waals surface area contributed by atoms with Crippen molar-refractivity contribution in [2.24, 2.45) is 0 Å². The molecule has 9 heteroatoms. The van der Waals surface area contributed by atoms with Gasteiger partial charge < -0.3 is 0 Å². The highest BCUT2D eigenvalue weighted by atomic mass is 32.2. The number of sulfonamides is 2. The van der Waals surface area contributed by atoms with Crippen molar-refractivity contribution in [1.29, 1.82) is 0 Å². The minimum absolute atomic E-state index is 0.0532. The van der Waals surface area contributed by atoms with Gasteiger partial charge >= 0.3 is 0 Å². The first kappa shape index (κ1) is 19.4. The van der Waals surface area contributed by atoms with E-state index in [1.807, 2.05) is 0 Å². The molecule has 1 N–H and O–H groups in total. The average Bonchev–Trinajstić information content (AvgIpc) is 2.54. The second-order valence-corrected chi connectivity index (χ2v) is 9.38. The Hall–Kier alpha value is -1.97. The van der Waals surface area contributed by atoms with Crippen molar-refractivity contribution in [2.45, 2.75) is 29.7 Å². The molecule has 0 radical (unpaired) electrons. The van der Waals surface area contributed by atoms with Crippen LogP contribution in [-0.2, 0) is 20.0 Å². The summed E-state index contributed by atoms with van der Waals surface area (Å²) in [5, 5.41) is 0. The van der Waals surface area contributed by atoms with Crippen molar-refractivity contribution in [1.82, 2.24) is 4.31 Å². The number of rotatable bonds is 6. The van der Waals surface area contributed by atoms with E-state index in [2.05, 4.69) is 4.72 Å². The van der Waals surface area contributed by atoms with Crippen LogP contribution in [0.5, 0.6) is 0 Å². The summed E-state index contributed by atoms with van der Waals surface area (Å²) in [5.74, 6) is -0.666. The minimum atomic E-state index is -3.96. The van der Waals surface area contributed by atoms with Gasteiger partial charge in [0.1, 0.15) is 5.82 Å². The lowest BCUT2D eigenvalue weighted by atomic mass is 10.3. The summed E-state index contributed by atoms with van der Waals surface area (Å²) in [6.07, 6.45) is 0. The van der Waals surface area contributed by atoms with Gasteiger partial charge in [-0.05, 0) is 56.3 Å². The fraction of sp³-hybridized carbons (Fsp3) is 0.250. The zero-order chi connectivity index (χ0) is 18.8. The van der Waals surface area contributed by atoms with E-state index in [4.69, 9.17) is 0 Å². The summed E-state index contributed by atoms with van der Waals surface area (Å²) >= 11 is 0. The van der Waals surface area contributed by atoms with E-state index in [0.717, 1.165) is 12.1 Å².